The van der Waals surface area contributed by atoms with Gasteiger partial charge in [-0.2, -0.15) is 5.26 Å². The third-order valence-corrected chi connectivity index (χ3v) is 2.35. The van der Waals surface area contributed by atoms with Gasteiger partial charge in [-0.05, 0) is 26.2 Å². The minimum absolute atomic E-state index is 0.248. The third kappa shape index (κ3) is 4.90. The molecule has 76 valence electrons. The summed E-state index contributed by atoms with van der Waals surface area (Å²) in [6, 6.07) is 2.83. The van der Waals surface area contributed by atoms with Crippen molar-refractivity contribution in [2.24, 2.45) is 11.3 Å². The van der Waals surface area contributed by atoms with E-state index in [2.05, 4.69) is 32.2 Å². The molecule has 0 saturated heterocycles. The van der Waals surface area contributed by atoms with Crippen molar-refractivity contribution in [1.82, 2.24) is 5.32 Å². The van der Waals surface area contributed by atoms with E-state index in [1.54, 1.807) is 0 Å². The first kappa shape index (κ1) is 12.4. The normalized spacial score (nSPS) is 14.2. The summed E-state index contributed by atoms with van der Waals surface area (Å²) in [5, 5.41) is 12.3. The van der Waals surface area contributed by atoms with Crippen molar-refractivity contribution in [3.05, 3.63) is 0 Å². The van der Waals surface area contributed by atoms with Crippen LogP contribution in [-0.4, -0.2) is 12.6 Å². The minimum atomic E-state index is -0.248. The van der Waals surface area contributed by atoms with E-state index in [4.69, 9.17) is 5.26 Å². The maximum atomic E-state index is 8.83. The van der Waals surface area contributed by atoms with Crippen LogP contribution in [0.5, 0.6) is 0 Å². The predicted molar refractivity (Wildman–Crippen MR) is 56.3 cm³/mol. The summed E-state index contributed by atoms with van der Waals surface area (Å²) in [7, 11) is 0. The molecule has 0 amide bonds. The molecule has 0 aliphatic heterocycles. The van der Waals surface area contributed by atoms with Crippen LogP contribution >= 0.6 is 0 Å². The maximum absolute atomic E-state index is 8.83. The number of nitrogens with one attached hydrogen (secondary N) is 1. The second-order valence-corrected chi connectivity index (χ2v) is 4.64. The van der Waals surface area contributed by atoms with Gasteiger partial charge in [-0.15, -0.1) is 0 Å². The largest absolute Gasteiger partial charge is 0.312 e. The molecule has 1 atom stereocenters. The van der Waals surface area contributed by atoms with Crippen LogP contribution in [0.15, 0.2) is 0 Å². The Morgan fingerprint density at radius 2 is 1.92 bits per heavy atom. The van der Waals surface area contributed by atoms with E-state index in [9.17, 15) is 0 Å². The molecule has 0 aliphatic carbocycles. The van der Waals surface area contributed by atoms with Crippen molar-refractivity contribution in [1.29, 1.82) is 5.26 Å². The molecule has 0 aromatic carbocycles. The zero-order valence-electron chi connectivity index (χ0n) is 9.52. The Morgan fingerprint density at radius 3 is 2.23 bits per heavy atom. The highest BCUT2D eigenvalue weighted by atomic mass is 14.9. The molecule has 1 unspecified atom stereocenters. The topological polar surface area (TPSA) is 35.8 Å². The van der Waals surface area contributed by atoms with Gasteiger partial charge in [-0.3, -0.25) is 0 Å². The van der Waals surface area contributed by atoms with Crippen molar-refractivity contribution in [2.75, 3.05) is 6.54 Å². The molecule has 0 radical (unpaired) electrons. The van der Waals surface area contributed by atoms with Crippen LogP contribution < -0.4 is 5.32 Å². The quantitative estimate of drug-likeness (QED) is 0.709. The van der Waals surface area contributed by atoms with Crippen LogP contribution in [0.25, 0.3) is 0 Å². The Labute approximate surface area is 82.3 Å². The number of rotatable bonds is 5. The Kier molecular flexibility index (Phi) is 5.02. The summed E-state index contributed by atoms with van der Waals surface area (Å²) in [6.07, 6.45) is 1.12. The summed E-state index contributed by atoms with van der Waals surface area (Å²) in [5.41, 5.74) is -0.248. The van der Waals surface area contributed by atoms with Crippen LogP contribution in [0, 0.1) is 22.7 Å². The summed E-state index contributed by atoms with van der Waals surface area (Å²) >= 11 is 0. The third-order valence-electron chi connectivity index (χ3n) is 2.35. The molecule has 13 heavy (non-hydrogen) atoms. The Morgan fingerprint density at radius 1 is 1.38 bits per heavy atom. The molecule has 1 N–H and O–H groups in total. The van der Waals surface area contributed by atoms with Crippen LogP contribution in [0.2, 0.25) is 0 Å². The second kappa shape index (κ2) is 5.24. The lowest BCUT2D eigenvalue weighted by Crippen LogP contribution is -2.39. The molecule has 2 nitrogen and oxygen atoms in total. The molecule has 0 fully saturated rings. The standard InChI is InChI=1S/C11H22N2/c1-6-10(9(2)3)13-8-11(4,5)7-12/h9-10,13H,6,8H2,1-5H3. The number of hydrogen-bond donors (Lipinski definition) is 1. The molecular formula is C11H22N2. The summed E-state index contributed by atoms with van der Waals surface area (Å²) in [4.78, 5) is 0. The van der Waals surface area contributed by atoms with Gasteiger partial charge in [0.25, 0.3) is 0 Å². The molecule has 0 bridgehead atoms. The molecule has 0 spiro atoms. The average molecular weight is 182 g/mol. The first-order valence-corrected chi connectivity index (χ1v) is 5.07. The van der Waals surface area contributed by atoms with Gasteiger partial charge in [0.2, 0.25) is 0 Å². The lowest BCUT2D eigenvalue weighted by Gasteiger charge is -2.24. The van der Waals surface area contributed by atoms with Gasteiger partial charge in [0.05, 0.1) is 11.5 Å². The van der Waals surface area contributed by atoms with E-state index in [1.807, 2.05) is 13.8 Å². The first-order chi connectivity index (χ1) is 5.93. The van der Waals surface area contributed by atoms with Crippen LogP contribution in [0.4, 0.5) is 0 Å². The molecule has 0 aromatic rings. The summed E-state index contributed by atoms with van der Waals surface area (Å²) < 4.78 is 0. The van der Waals surface area contributed by atoms with Crippen molar-refractivity contribution in [3.63, 3.8) is 0 Å². The zero-order chi connectivity index (χ0) is 10.5. The number of nitriles is 1. The molecule has 0 aromatic heterocycles. The highest BCUT2D eigenvalue weighted by Crippen LogP contribution is 2.13. The van der Waals surface area contributed by atoms with E-state index in [0.29, 0.717) is 12.0 Å². The second-order valence-electron chi connectivity index (χ2n) is 4.64. The van der Waals surface area contributed by atoms with Crippen LogP contribution in [-0.2, 0) is 0 Å². The summed E-state index contributed by atoms with van der Waals surface area (Å²) in [5.74, 6) is 0.638. The van der Waals surface area contributed by atoms with Gasteiger partial charge >= 0.3 is 0 Å². The molecular weight excluding hydrogens is 160 g/mol. The Hall–Kier alpha value is -0.550. The molecule has 2 heteroatoms. The van der Waals surface area contributed by atoms with Crippen LogP contribution in [0.3, 0.4) is 0 Å². The fourth-order valence-electron chi connectivity index (χ4n) is 1.28. The fourth-order valence-corrected chi connectivity index (χ4v) is 1.28. The number of hydrogen-bond acceptors (Lipinski definition) is 2. The fraction of sp³-hybridized carbons (Fsp3) is 0.909. The predicted octanol–water partition coefficient (Wildman–Crippen LogP) is 2.56. The Bertz CT molecular complexity index is 177. The van der Waals surface area contributed by atoms with Crippen molar-refractivity contribution in [3.8, 4) is 6.07 Å². The van der Waals surface area contributed by atoms with Gasteiger partial charge in [-0.1, -0.05) is 20.8 Å². The van der Waals surface area contributed by atoms with Gasteiger partial charge in [0.15, 0.2) is 0 Å². The van der Waals surface area contributed by atoms with E-state index < -0.39 is 0 Å². The van der Waals surface area contributed by atoms with Crippen molar-refractivity contribution >= 4 is 0 Å². The van der Waals surface area contributed by atoms with Crippen molar-refractivity contribution in [2.45, 2.75) is 47.1 Å². The van der Waals surface area contributed by atoms with Crippen molar-refractivity contribution < 1.29 is 0 Å². The van der Waals surface area contributed by atoms with Crippen LogP contribution in [0.1, 0.15) is 41.0 Å². The lowest BCUT2D eigenvalue weighted by molar-refractivity contribution is 0.338. The molecule has 0 aliphatic rings. The maximum Gasteiger partial charge on any atom is 0.0697 e. The SMILES string of the molecule is CCC(NCC(C)(C)C#N)C(C)C. The Balaban J connectivity index is 3.94. The smallest absolute Gasteiger partial charge is 0.0697 e. The lowest BCUT2D eigenvalue weighted by atomic mass is 9.94. The molecule has 0 heterocycles. The molecule has 0 rings (SSSR count). The average Bonchev–Trinajstić information content (AvgIpc) is 2.05. The van der Waals surface area contributed by atoms with Gasteiger partial charge < -0.3 is 5.32 Å². The number of nitrogens with zero attached hydrogens (tertiary/aromatic N) is 1. The van der Waals surface area contributed by atoms with E-state index >= 15 is 0 Å². The van der Waals surface area contributed by atoms with Gasteiger partial charge in [0, 0.05) is 12.6 Å². The van der Waals surface area contributed by atoms with E-state index in [0.717, 1.165) is 13.0 Å². The van der Waals surface area contributed by atoms with Gasteiger partial charge in [-0.25, -0.2) is 0 Å². The van der Waals surface area contributed by atoms with E-state index in [-0.39, 0.29) is 5.41 Å². The molecule has 0 saturated carbocycles. The summed E-state index contributed by atoms with van der Waals surface area (Å²) in [6.45, 7) is 11.3. The van der Waals surface area contributed by atoms with E-state index in [1.165, 1.54) is 0 Å². The first-order valence-electron chi connectivity index (χ1n) is 5.07. The van der Waals surface area contributed by atoms with Gasteiger partial charge in [0.1, 0.15) is 0 Å². The highest BCUT2D eigenvalue weighted by molar-refractivity contribution is 4.94. The minimum Gasteiger partial charge on any atom is -0.312 e. The monoisotopic (exact) mass is 182 g/mol. The highest BCUT2D eigenvalue weighted by Gasteiger charge is 2.19. The zero-order valence-corrected chi connectivity index (χ0v) is 9.52.